The normalized spacial score (nSPS) is 13.3. The number of benzene rings is 2. The largest absolute Gasteiger partial charge is 0.452 e. The number of rotatable bonds is 3. The monoisotopic (exact) mass is 439 g/mol. The fourth-order valence-corrected chi connectivity index (χ4v) is 3.94. The van der Waals surface area contributed by atoms with Crippen LogP contribution < -0.4 is 4.90 Å². The minimum Gasteiger partial charge on any atom is -0.452 e. The van der Waals surface area contributed by atoms with E-state index in [4.69, 9.17) is 4.74 Å². The minimum absolute atomic E-state index is 0.197. The van der Waals surface area contributed by atoms with E-state index in [2.05, 4.69) is 22.6 Å². The van der Waals surface area contributed by atoms with Crippen molar-refractivity contribution < 1.29 is 14.3 Å². The van der Waals surface area contributed by atoms with E-state index in [-0.39, 0.29) is 12.5 Å². The number of amides is 1. The first-order valence-corrected chi connectivity index (χ1v) is 9.17. The van der Waals surface area contributed by atoms with Gasteiger partial charge in [-0.1, -0.05) is 24.3 Å². The third kappa shape index (κ3) is 3.69. The number of thioether (sulfide) groups is 1. The van der Waals surface area contributed by atoms with Crippen molar-refractivity contribution in [1.29, 1.82) is 0 Å². The molecule has 0 saturated carbocycles. The summed E-state index contributed by atoms with van der Waals surface area (Å²) < 4.78 is 6.00. The summed E-state index contributed by atoms with van der Waals surface area (Å²) in [5.74, 6) is 0.174. The molecule has 1 aliphatic rings. The van der Waals surface area contributed by atoms with Crippen molar-refractivity contribution in [2.75, 3.05) is 23.8 Å². The Morgan fingerprint density at radius 2 is 1.87 bits per heavy atom. The highest BCUT2D eigenvalue weighted by Gasteiger charge is 2.23. The molecule has 6 heteroatoms. The van der Waals surface area contributed by atoms with Crippen LogP contribution in [0.5, 0.6) is 0 Å². The van der Waals surface area contributed by atoms with Crippen LogP contribution in [0, 0.1) is 3.57 Å². The summed E-state index contributed by atoms with van der Waals surface area (Å²) in [6.07, 6.45) is 0. The molecular formula is C17H14INO3S. The van der Waals surface area contributed by atoms with E-state index in [1.165, 1.54) is 0 Å². The van der Waals surface area contributed by atoms with Gasteiger partial charge in [0.1, 0.15) is 0 Å². The molecular weight excluding hydrogens is 425 g/mol. The van der Waals surface area contributed by atoms with Crippen LogP contribution in [0.25, 0.3) is 0 Å². The molecule has 1 aliphatic heterocycles. The Bertz CT molecular complexity index is 750. The van der Waals surface area contributed by atoms with E-state index >= 15 is 0 Å². The number of hydrogen-bond acceptors (Lipinski definition) is 4. The highest BCUT2D eigenvalue weighted by molar-refractivity contribution is 14.1. The lowest BCUT2D eigenvalue weighted by Gasteiger charge is -2.28. The van der Waals surface area contributed by atoms with Gasteiger partial charge in [0.15, 0.2) is 6.61 Å². The molecule has 0 unspecified atom stereocenters. The second-order valence-corrected chi connectivity index (χ2v) is 7.22. The van der Waals surface area contributed by atoms with Crippen LogP contribution in [0.1, 0.15) is 10.4 Å². The summed E-state index contributed by atoms with van der Waals surface area (Å²) in [5, 5.41) is 0. The minimum atomic E-state index is -0.469. The molecule has 0 spiro atoms. The first kappa shape index (κ1) is 16.3. The molecule has 0 aliphatic carbocycles. The number of ether oxygens (including phenoxy) is 1. The van der Waals surface area contributed by atoms with Crippen LogP contribution in [0.4, 0.5) is 5.69 Å². The molecule has 0 bridgehead atoms. The molecule has 23 heavy (non-hydrogen) atoms. The van der Waals surface area contributed by atoms with Crippen molar-refractivity contribution >= 4 is 51.9 Å². The Morgan fingerprint density at radius 3 is 2.70 bits per heavy atom. The van der Waals surface area contributed by atoms with Crippen LogP contribution in [0.2, 0.25) is 0 Å². The van der Waals surface area contributed by atoms with Crippen LogP contribution in [0.3, 0.4) is 0 Å². The van der Waals surface area contributed by atoms with E-state index in [0.717, 1.165) is 19.9 Å². The maximum Gasteiger partial charge on any atom is 0.339 e. The average molecular weight is 439 g/mol. The zero-order chi connectivity index (χ0) is 16.2. The van der Waals surface area contributed by atoms with Gasteiger partial charge in [0.05, 0.1) is 11.3 Å². The molecule has 0 aromatic heterocycles. The molecule has 0 fully saturated rings. The summed E-state index contributed by atoms with van der Waals surface area (Å²) in [4.78, 5) is 27.3. The Labute approximate surface area is 152 Å². The third-order valence-electron chi connectivity index (χ3n) is 3.45. The molecule has 1 heterocycles. The van der Waals surface area contributed by atoms with Gasteiger partial charge in [0, 0.05) is 20.8 Å². The Kier molecular flexibility index (Phi) is 5.22. The number of carbonyl (C=O) groups is 2. The molecule has 0 radical (unpaired) electrons. The van der Waals surface area contributed by atoms with Gasteiger partial charge in [0.25, 0.3) is 5.91 Å². The quantitative estimate of drug-likeness (QED) is 0.542. The van der Waals surface area contributed by atoms with Crippen LogP contribution in [0.15, 0.2) is 53.4 Å². The van der Waals surface area contributed by atoms with Crippen LogP contribution in [-0.4, -0.2) is 30.8 Å². The lowest BCUT2D eigenvalue weighted by Crippen LogP contribution is -2.38. The highest BCUT2D eigenvalue weighted by Crippen LogP contribution is 2.34. The fourth-order valence-electron chi connectivity index (χ4n) is 2.34. The second kappa shape index (κ2) is 7.35. The summed E-state index contributed by atoms with van der Waals surface area (Å²) in [6.45, 7) is 0.379. The third-order valence-corrected chi connectivity index (χ3v) is 5.43. The number of esters is 1. The standard InChI is InChI=1S/C17H14INO3S/c18-13-6-2-1-5-12(13)17(21)22-11-16(20)19-9-10-23-15-8-4-3-7-14(15)19/h1-8H,9-11H2. The van der Waals surface area contributed by atoms with Crippen molar-refractivity contribution in [3.8, 4) is 0 Å². The molecule has 3 rings (SSSR count). The predicted octanol–water partition coefficient (Wildman–Crippen LogP) is 3.59. The van der Waals surface area contributed by atoms with Crippen molar-refractivity contribution in [2.45, 2.75) is 4.90 Å². The molecule has 1 amide bonds. The molecule has 4 nitrogen and oxygen atoms in total. The molecule has 0 atom stereocenters. The molecule has 2 aromatic carbocycles. The predicted molar refractivity (Wildman–Crippen MR) is 99.0 cm³/mol. The smallest absolute Gasteiger partial charge is 0.339 e. The Hall–Kier alpha value is -1.54. The van der Waals surface area contributed by atoms with Crippen molar-refractivity contribution in [2.24, 2.45) is 0 Å². The van der Waals surface area contributed by atoms with Crippen LogP contribution in [-0.2, 0) is 9.53 Å². The first-order valence-electron chi connectivity index (χ1n) is 7.10. The van der Waals surface area contributed by atoms with Gasteiger partial charge in [-0.3, -0.25) is 4.79 Å². The van der Waals surface area contributed by atoms with Crippen molar-refractivity contribution in [3.63, 3.8) is 0 Å². The van der Waals surface area contributed by atoms with Gasteiger partial charge in [0.2, 0.25) is 0 Å². The number of hydrogen-bond donors (Lipinski definition) is 0. The van der Waals surface area contributed by atoms with Gasteiger partial charge in [-0.05, 0) is 46.9 Å². The molecule has 2 aromatic rings. The maximum atomic E-state index is 12.4. The van der Waals surface area contributed by atoms with Crippen LogP contribution >= 0.6 is 34.4 Å². The van der Waals surface area contributed by atoms with Gasteiger partial charge in [-0.2, -0.15) is 0 Å². The summed E-state index contributed by atoms with van der Waals surface area (Å²) >= 11 is 3.81. The Balaban J connectivity index is 1.67. The molecule has 118 valence electrons. The summed E-state index contributed by atoms with van der Waals surface area (Å²) in [7, 11) is 0. The topological polar surface area (TPSA) is 46.6 Å². The number of anilines is 1. The van der Waals surface area contributed by atoms with E-state index in [9.17, 15) is 9.59 Å². The number of fused-ring (bicyclic) bond motifs is 1. The van der Waals surface area contributed by atoms with Gasteiger partial charge < -0.3 is 9.64 Å². The lowest BCUT2D eigenvalue weighted by atomic mass is 10.2. The van der Waals surface area contributed by atoms with Gasteiger partial charge >= 0.3 is 5.97 Å². The first-order chi connectivity index (χ1) is 11.2. The highest BCUT2D eigenvalue weighted by atomic mass is 127. The SMILES string of the molecule is O=C(OCC(=O)N1CCSc2ccccc21)c1ccccc1I. The number of nitrogens with zero attached hydrogens (tertiary/aromatic N) is 1. The van der Waals surface area contributed by atoms with Crippen molar-refractivity contribution in [1.82, 2.24) is 0 Å². The summed E-state index contributed by atoms with van der Waals surface area (Å²) in [5.41, 5.74) is 1.37. The summed E-state index contributed by atoms with van der Waals surface area (Å²) in [6, 6.07) is 14.9. The number of para-hydroxylation sites is 1. The molecule has 0 saturated heterocycles. The van der Waals surface area contributed by atoms with Gasteiger partial charge in [-0.25, -0.2) is 4.79 Å². The fraction of sp³-hybridized carbons (Fsp3) is 0.176. The average Bonchev–Trinajstić information content (AvgIpc) is 2.59. The Morgan fingerprint density at radius 1 is 1.13 bits per heavy atom. The van der Waals surface area contributed by atoms with E-state index in [0.29, 0.717) is 12.1 Å². The molecule has 0 N–H and O–H groups in total. The number of halogens is 1. The maximum absolute atomic E-state index is 12.4. The zero-order valence-corrected chi connectivity index (χ0v) is 15.2. The van der Waals surface area contributed by atoms with Crippen molar-refractivity contribution in [3.05, 3.63) is 57.7 Å². The number of carbonyl (C=O) groups excluding carboxylic acids is 2. The lowest BCUT2D eigenvalue weighted by molar-refractivity contribution is -0.121. The zero-order valence-electron chi connectivity index (χ0n) is 12.2. The van der Waals surface area contributed by atoms with E-state index in [1.807, 2.05) is 36.4 Å². The van der Waals surface area contributed by atoms with Gasteiger partial charge in [-0.15, -0.1) is 11.8 Å². The second-order valence-electron chi connectivity index (χ2n) is 4.92. The van der Waals surface area contributed by atoms with E-state index < -0.39 is 5.97 Å². The van der Waals surface area contributed by atoms with E-state index in [1.54, 1.807) is 28.8 Å².